The molecule has 3 aromatic rings. The van der Waals surface area contributed by atoms with Gasteiger partial charge in [0.1, 0.15) is 11.5 Å². The lowest BCUT2D eigenvalue weighted by Gasteiger charge is -2.42. The molecule has 0 aromatic heterocycles. The molecule has 7 nitrogen and oxygen atoms in total. The molecule has 1 aliphatic heterocycles. The second-order valence-corrected chi connectivity index (χ2v) is 8.14. The van der Waals surface area contributed by atoms with E-state index >= 15 is 0 Å². The lowest BCUT2D eigenvalue weighted by atomic mass is 9.94. The number of nitrogens with zero attached hydrogens (tertiary/aromatic N) is 1. The molecule has 2 atom stereocenters. The van der Waals surface area contributed by atoms with Crippen molar-refractivity contribution in [3.8, 4) is 11.5 Å². The van der Waals surface area contributed by atoms with Crippen LogP contribution in [-0.4, -0.2) is 37.5 Å². The number of carbonyl (C=O) groups excluding carboxylic acids is 2. The number of carbonyl (C=O) groups is 2. The van der Waals surface area contributed by atoms with Crippen LogP contribution in [0.25, 0.3) is 10.8 Å². The second-order valence-electron chi connectivity index (χ2n) is 8.14. The highest BCUT2D eigenvalue weighted by atomic mass is 16.6. The zero-order valence-corrected chi connectivity index (χ0v) is 19.8. The number of esters is 2. The van der Waals surface area contributed by atoms with Gasteiger partial charge in [-0.15, -0.1) is 0 Å². The highest BCUT2D eigenvalue weighted by Crippen LogP contribution is 2.44. The van der Waals surface area contributed by atoms with Gasteiger partial charge in [0.2, 0.25) is 0 Å². The summed E-state index contributed by atoms with van der Waals surface area (Å²) >= 11 is 0. The molecular formula is C27H29NO6. The molecule has 0 N–H and O–H groups in total. The number of rotatable bonds is 7. The van der Waals surface area contributed by atoms with Crippen LogP contribution in [0.15, 0.2) is 60.7 Å². The Morgan fingerprint density at radius 1 is 0.912 bits per heavy atom. The van der Waals surface area contributed by atoms with E-state index in [9.17, 15) is 9.59 Å². The van der Waals surface area contributed by atoms with Crippen molar-refractivity contribution >= 4 is 28.4 Å². The second kappa shape index (κ2) is 10.0. The molecule has 0 fully saturated rings. The van der Waals surface area contributed by atoms with Crippen molar-refractivity contribution in [2.45, 2.75) is 46.1 Å². The van der Waals surface area contributed by atoms with Crippen molar-refractivity contribution in [3.63, 3.8) is 0 Å². The summed E-state index contributed by atoms with van der Waals surface area (Å²) in [6, 6.07) is 17.7. The third kappa shape index (κ3) is 4.51. The van der Waals surface area contributed by atoms with Crippen LogP contribution in [0.4, 0.5) is 5.69 Å². The number of benzene rings is 3. The lowest BCUT2D eigenvalue weighted by molar-refractivity contribution is -0.154. The maximum absolute atomic E-state index is 13.4. The Bertz CT molecular complexity index is 1170. The van der Waals surface area contributed by atoms with E-state index in [1.807, 2.05) is 44.2 Å². The first-order valence-corrected chi connectivity index (χ1v) is 11.5. The van der Waals surface area contributed by atoms with Gasteiger partial charge < -0.3 is 23.8 Å². The van der Waals surface area contributed by atoms with E-state index in [1.54, 1.807) is 49.1 Å². The Morgan fingerprint density at radius 3 is 2.26 bits per heavy atom. The highest BCUT2D eigenvalue weighted by molar-refractivity contribution is 5.97. The molecule has 178 valence electrons. The predicted molar refractivity (Wildman–Crippen MR) is 129 cm³/mol. The first-order valence-electron chi connectivity index (χ1n) is 11.5. The van der Waals surface area contributed by atoms with Crippen LogP contribution in [0.2, 0.25) is 0 Å². The van der Waals surface area contributed by atoms with Crippen LogP contribution in [0.1, 0.15) is 39.3 Å². The predicted octanol–water partition coefficient (Wildman–Crippen LogP) is 5.02. The van der Waals surface area contributed by atoms with Gasteiger partial charge in [0.05, 0.1) is 19.3 Å². The zero-order chi connectivity index (χ0) is 24.2. The van der Waals surface area contributed by atoms with Crippen LogP contribution in [0.3, 0.4) is 0 Å². The third-order valence-corrected chi connectivity index (χ3v) is 5.48. The van der Waals surface area contributed by atoms with Gasteiger partial charge in [-0.25, -0.2) is 9.59 Å². The quantitative estimate of drug-likeness (QED) is 0.456. The highest BCUT2D eigenvalue weighted by Gasteiger charge is 2.46. The molecule has 0 spiro atoms. The van der Waals surface area contributed by atoms with Crippen LogP contribution in [0.5, 0.6) is 11.5 Å². The molecule has 0 amide bonds. The summed E-state index contributed by atoms with van der Waals surface area (Å²) in [5.41, 5.74) is 1.26. The zero-order valence-electron chi connectivity index (χ0n) is 19.8. The first kappa shape index (κ1) is 23.4. The van der Waals surface area contributed by atoms with Gasteiger partial charge in [-0.3, -0.25) is 0 Å². The van der Waals surface area contributed by atoms with Crippen molar-refractivity contribution < 1.29 is 28.5 Å². The molecule has 34 heavy (non-hydrogen) atoms. The molecule has 7 heteroatoms. The number of hydrogen-bond acceptors (Lipinski definition) is 7. The molecule has 1 aliphatic rings. The van der Waals surface area contributed by atoms with E-state index in [1.165, 1.54) is 0 Å². The fourth-order valence-electron chi connectivity index (χ4n) is 4.19. The monoisotopic (exact) mass is 463 g/mol. The third-order valence-electron chi connectivity index (χ3n) is 5.48. The van der Waals surface area contributed by atoms with Crippen LogP contribution in [0, 0.1) is 0 Å². The molecule has 0 bridgehead atoms. The molecule has 4 rings (SSSR count). The first-order chi connectivity index (χ1) is 16.4. The van der Waals surface area contributed by atoms with Crippen molar-refractivity contribution in [2.24, 2.45) is 0 Å². The van der Waals surface area contributed by atoms with Crippen molar-refractivity contribution in [2.75, 3.05) is 18.1 Å². The van der Waals surface area contributed by atoms with E-state index in [2.05, 4.69) is 0 Å². The molecular weight excluding hydrogens is 434 g/mol. The van der Waals surface area contributed by atoms with Gasteiger partial charge >= 0.3 is 11.9 Å². The Balaban J connectivity index is 1.91. The summed E-state index contributed by atoms with van der Waals surface area (Å²) in [6.45, 7) is 7.77. The lowest BCUT2D eigenvalue weighted by Crippen LogP contribution is -2.53. The molecule has 3 aromatic carbocycles. The fraction of sp³-hybridized carbons (Fsp3) is 0.333. The van der Waals surface area contributed by atoms with Crippen LogP contribution in [-0.2, 0) is 19.1 Å². The van der Waals surface area contributed by atoms with Crippen molar-refractivity contribution in [1.82, 2.24) is 0 Å². The molecule has 0 radical (unpaired) electrons. The smallest absolute Gasteiger partial charge is 0.369 e. The Labute approximate surface area is 199 Å². The Hall–Kier alpha value is -3.74. The summed E-state index contributed by atoms with van der Waals surface area (Å²) in [5.74, 6) is 0.0760. The average molecular weight is 464 g/mol. The minimum atomic E-state index is -1.17. The number of ether oxygens (including phenoxy) is 4. The minimum Gasteiger partial charge on any atom is -0.491 e. The van der Waals surface area contributed by atoms with Gasteiger partial charge in [-0.05, 0) is 68.8 Å². The summed E-state index contributed by atoms with van der Waals surface area (Å²) in [5, 5.41) is 1.81. The van der Waals surface area contributed by atoms with E-state index in [4.69, 9.17) is 18.9 Å². The van der Waals surface area contributed by atoms with E-state index in [0.717, 1.165) is 10.8 Å². The molecule has 0 aliphatic carbocycles. The van der Waals surface area contributed by atoms with Gasteiger partial charge in [0.25, 0.3) is 6.23 Å². The van der Waals surface area contributed by atoms with Crippen LogP contribution >= 0.6 is 0 Å². The van der Waals surface area contributed by atoms with Crippen molar-refractivity contribution in [3.05, 3.63) is 66.2 Å². The van der Waals surface area contributed by atoms with Gasteiger partial charge in [-0.2, -0.15) is 0 Å². The summed E-state index contributed by atoms with van der Waals surface area (Å²) in [6.07, 6.45) is -1.15. The summed E-state index contributed by atoms with van der Waals surface area (Å²) in [7, 11) is 0. The number of fused-ring (bicyclic) bond motifs is 3. The van der Waals surface area contributed by atoms with E-state index in [-0.39, 0.29) is 19.3 Å². The van der Waals surface area contributed by atoms with Gasteiger partial charge in [-0.1, -0.05) is 30.3 Å². The number of anilines is 1. The SMILES string of the molecule is CCOC(=O)[C@H]1Oc2ccc3ccccc3c2[C@H](C(=O)OCC)N1c1ccc(OC(C)C)cc1. The molecule has 0 unspecified atom stereocenters. The molecule has 0 saturated heterocycles. The van der Waals surface area contributed by atoms with Gasteiger partial charge in [0.15, 0.2) is 6.04 Å². The van der Waals surface area contributed by atoms with Gasteiger partial charge in [0, 0.05) is 11.3 Å². The maximum atomic E-state index is 13.4. The number of hydrogen-bond donors (Lipinski definition) is 0. The van der Waals surface area contributed by atoms with Crippen LogP contribution < -0.4 is 14.4 Å². The Kier molecular flexibility index (Phi) is 6.91. The summed E-state index contributed by atoms with van der Waals surface area (Å²) < 4.78 is 22.8. The normalized spacial score (nSPS) is 17.1. The van der Waals surface area contributed by atoms with E-state index < -0.39 is 24.2 Å². The molecule has 1 heterocycles. The molecule has 0 saturated carbocycles. The van der Waals surface area contributed by atoms with Crippen molar-refractivity contribution in [1.29, 1.82) is 0 Å². The minimum absolute atomic E-state index is 0.0157. The maximum Gasteiger partial charge on any atom is 0.369 e. The standard InChI is InChI=1S/C27H29NO6/c1-5-31-26(29)24-23-21-10-8-7-9-18(21)11-16-22(23)34-25(27(30)32-6-2)28(24)19-12-14-20(15-13-19)33-17(3)4/h7-17,24-25H,5-6H2,1-4H3/t24-,25-/m1/s1. The largest absolute Gasteiger partial charge is 0.491 e. The van der Waals surface area contributed by atoms with E-state index in [0.29, 0.717) is 22.7 Å². The average Bonchev–Trinajstić information content (AvgIpc) is 2.83. The topological polar surface area (TPSA) is 74.3 Å². The Morgan fingerprint density at radius 2 is 1.59 bits per heavy atom. The summed E-state index contributed by atoms with van der Waals surface area (Å²) in [4.78, 5) is 28.1. The fourth-order valence-corrected chi connectivity index (χ4v) is 4.19.